The first kappa shape index (κ1) is 19.9. The van der Waals surface area contributed by atoms with Gasteiger partial charge in [-0.25, -0.2) is 9.78 Å². The van der Waals surface area contributed by atoms with Crippen LogP contribution < -0.4 is 11.1 Å². The molecule has 4 N–H and O–H groups in total. The van der Waals surface area contributed by atoms with Crippen LogP contribution >= 0.6 is 23.1 Å². The van der Waals surface area contributed by atoms with Crippen molar-refractivity contribution in [3.8, 4) is 0 Å². The fourth-order valence-corrected chi connectivity index (χ4v) is 4.57. The van der Waals surface area contributed by atoms with Gasteiger partial charge in [0.25, 0.3) is 11.8 Å². The number of hydrogen-bond donors (Lipinski definition) is 3. The Morgan fingerprint density at radius 3 is 2.93 bits per heavy atom. The number of carbonyl (C=O) groups excluding carboxylic acids is 2. The Kier molecular flexibility index (Phi) is 5.70. The van der Waals surface area contributed by atoms with Gasteiger partial charge < -0.3 is 21.0 Å². The van der Waals surface area contributed by atoms with E-state index in [0.29, 0.717) is 0 Å². The van der Waals surface area contributed by atoms with Crippen molar-refractivity contribution in [3.05, 3.63) is 35.5 Å². The number of carboxylic acid groups (broad SMARTS) is 1. The minimum Gasteiger partial charge on any atom is -0.477 e. The molecule has 1 aromatic rings. The van der Waals surface area contributed by atoms with Gasteiger partial charge in [0.15, 0.2) is 10.8 Å². The van der Waals surface area contributed by atoms with E-state index < -0.39 is 29.2 Å². The zero-order valence-electron chi connectivity index (χ0n) is 14.7. The number of nitrogens with two attached hydrogens (primary N) is 1. The van der Waals surface area contributed by atoms with Crippen molar-refractivity contribution in [1.82, 2.24) is 15.2 Å². The van der Waals surface area contributed by atoms with Gasteiger partial charge in [0, 0.05) is 10.6 Å². The molecule has 1 saturated heterocycles. The van der Waals surface area contributed by atoms with Gasteiger partial charge in [0.1, 0.15) is 29.4 Å². The van der Waals surface area contributed by atoms with Gasteiger partial charge in [0.2, 0.25) is 0 Å². The molecule has 0 spiro atoms. The standard InChI is InChI=1S/C16H17N5O5S2/c1-3-4-26-20-10(8-6-27-16(17)18-8)12(22)19-11-13(23)21-9(15(24)25)5-7(2)28-14(11)21/h3,5-7,11,14H,1,4H2,2H3,(H2,17,18)(H,19,22)(H,24,25)/t7?,11?,14-/m1/s1. The molecule has 0 radical (unpaired) electrons. The number of hydrogen-bond acceptors (Lipinski definition) is 9. The molecule has 3 atom stereocenters. The van der Waals surface area contributed by atoms with Crippen LogP contribution in [0.1, 0.15) is 12.6 Å². The summed E-state index contributed by atoms with van der Waals surface area (Å²) in [5, 5.41) is 16.8. The van der Waals surface area contributed by atoms with E-state index in [1.54, 1.807) is 5.38 Å². The minimum atomic E-state index is -1.19. The van der Waals surface area contributed by atoms with Crippen LogP contribution in [0.2, 0.25) is 0 Å². The van der Waals surface area contributed by atoms with Crippen LogP contribution in [0.25, 0.3) is 0 Å². The van der Waals surface area contributed by atoms with E-state index in [0.717, 1.165) is 11.3 Å². The largest absolute Gasteiger partial charge is 0.477 e. The SMILES string of the molecule is C=CCON=C(C(=O)NC1C(=O)N2C(C(=O)O)=CC(C)S[C@H]12)c1csc(N)n1. The fraction of sp³-hybridized carbons (Fsp3) is 0.312. The van der Waals surface area contributed by atoms with E-state index in [9.17, 15) is 19.5 Å². The van der Waals surface area contributed by atoms with E-state index in [1.165, 1.54) is 28.8 Å². The predicted molar refractivity (Wildman–Crippen MR) is 105 cm³/mol. The number of aromatic nitrogens is 1. The molecular weight excluding hydrogens is 406 g/mol. The van der Waals surface area contributed by atoms with Crippen molar-refractivity contribution >= 4 is 51.7 Å². The molecule has 2 aliphatic rings. The molecule has 2 amide bonds. The Bertz CT molecular complexity index is 896. The first-order valence-electron chi connectivity index (χ1n) is 8.10. The second kappa shape index (κ2) is 8.02. The van der Waals surface area contributed by atoms with Crippen LogP contribution in [0.5, 0.6) is 0 Å². The normalized spacial score (nSPS) is 24.0. The van der Waals surface area contributed by atoms with Crippen LogP contribution in [-0.2, 0) is 19.2 Å². The monoisotopic (exact) mass is 423 g/mol. The lowest BCUT2D eigenvalue weighted by atomic mass is 10.0. The summed E-state index contributed by atoms with van der Waals surface area (Å²) in [6.45, 7) is 5.40. The molecule has 2 aliphatic heterocycles. The molecule has 28 heavy (non-hydrogen) atoms. The van der Waals surface area contributed by atoms with Crippen molar-refractivity contribution < 1.29 is 24.3 Å². The minimum absolute atomic E-state index is 0.0787. The molecule has 3 heterocycles. The number of thiazole rings is 1. The van der Waals surface area contributed by atoms with Crippen molar-refractivity contribution in [3.63, 3.8) is 0 Å². The second-order valence-electron chi connectivity index (χ2n) is 5.84. The lowest BCUT2D eigenvalue weighted by Gasteiger charge is -2.49. The Morgan fingerprint density at radius 2 is 2.32 bits per heavy atom. The maximum absolute atomic E-state index is 12.7. The summed E-state index contributed by atoms with van der Waals surface area (Å²) in [5.74, 6) is -2.36. The van der Waals surface area contributed by atoms with E-state index in [2.05, 4.69) is 22.0 Å². The number of carbonyl (C=O) groups is 3. The van der Waals surface area contributed by atoms with Gasteiger partial charge in [-0.15, -0.1) is 23.1 Å². The van der Waals surface area contributed by atoms with Crippen LogP contribution in [0.15, 0.2) is 35.0 Å². The maximum atomic E-state index is 12.7. The summed E-state index contributed by atoms with van der Waals surface area (Å²) in [5.41, 5.74) is 5.61. The highest BCUT2D eigenvalue weighted by Crippen LogP contribution is 2.40. The average molecular weight is 423 g/mol. The highest BCUT2D eigenvalue weighted by molar-refractivity contribution is 8.00. The topological polar surface area (TPSA) is 147 Å². The van der Waals surface area contributed by atoms with Gasteiger partial charge in [0.05, 0.1) is 0 Å². The molecule has 1 fully saturated rings. The Labute approximate surface area is 168 Å². The first-order chi connectivity index (χ1) is 13.3. The molecule has 0 saturated carbocycles. The van der Waals surface area contributed by atoms with Crippen molar-refractivity contribution in [2.45, 2.75) is 23.6 Å². The highest BCUT2D eigenvalue weighted by atomic mass is 32.2. The van der Waals surface area contributed by atoms with Gasteiger partial charge in [-0.05, 0) is 13.0 Å². The smallest absolute Gasteiger partial charge is 0.352 e. The fourth-order valence-electron chi connectivity index (χ4n) is 2.69. The third kappa shape index (κ3) is 3.73. The van der Waals surface area contributed by atoms with Gasteiger partial charge >= 0.3 is 5.97 Å². The lowest BCUT2D eigenvalue weighted by molar-refractivity contribution is -0.150. The molecule has 2 unspecified atom stereocenters. The number of oxime groups is 1. The number of carboxylic acids is 1. The number of rotatable bonds is 7. The van der Waals surface area contributed by atoms with Gasteiger partial charge in [-0.1, -0.05) is 17.8 Å². The number of aliphatic carboxylic acids is 1. The van der Waals surface area contributed by atoms with E-state index in [1.807, 2.05) is 6.92 Å². The molecular formula is C16H17N5O5S2. The summed E-state index contributed by atoms with van der Waals surface area (Å²) >= 11 is 2.51. The van der Waals surface area contributed by atoms with E-state index in [-0.39, 0.29) is 34.1 Å². The Balaban J connectivity index is 1.78. The molecule has 0 aromatic carbocycles. The molecule has 148 valence electrons. The number of amides is 2. The number of thioether (sulfide) groups is 1. The molecule has 0 bridgehead atoms. The number of nitrogen functional groups attached to an aromatic ring is 1. The summed E-state index contributed by atoms with van der Waals surface area (Å²) in [6.07, 6.45) is 2.97. The Morgan fingerprint density at radius 1 is 1.57 bits per heavy atom. The van der Waals surface area contributed by atoms with E-state index >= 15 is 0 Å². The van der Waals surface area contributed by atoms with Crippen LogP contribution in [0, 0.1) is 0 Å². The zero-order valence-corrected chi connectivity index (χ0v) is 16.3. The average Bonchev–Trinajstić information content (AvgIpc) is 3.08. The highest BCUT2D eigenvalue weighted by Gasteiger charge is 2.54. The maximum Gasteiger partial charge on any atom is 0.352 e. The predicted octanol–water partition coefficient (Wildman–Crippen LogP) is 0.389. The van der Waals surface area contributed by atoms with Crippen molar-refractivity contribution in [2.75, 3.05) is 12.3 Å². The van der Waals surface area contributed by atoms with E-state index in [4.69, 9.17) is 10.6 Å². The molecule has 10 nitrogen and oxygen atoms in total. The molecule has 1 aromatic heterocycles. The van der Waals surface area contributed by atoms with Crippen LogP contribution in [0.4, 0.5) is 5.13 Å². The number of fused-ring (bicyclic) bond motifs is 1. The number of nitrogens with one attached hydrogen (secondary N) is 1. The molecule has 0 aliphatic carbocycles. The molecule has 12 heteroatoms. The van der Waals surface area contributed by atoms with Crippen molar-refractivity contribution in [2.24, 2.45) is 5.16 Å². The quantitative estimate of drug-likeness (QED) is 0.188. The number of nitrogens with zero attached hydrogens (tertiary/aromatic N) is 3. The number of anilines is 1. The first-order valence-corrected chi connectivity index (χ1v) is 9.92. The Hall–Kier alpha value is -2.86. The summed E-state index contributed by atoms with van der Waals surface area (Å²) in [4.78, 5) is 46.8. The second-order valence-corrected chi connectivity index (χ2v) is 8.23. The molecule has 3 rings (SSSR count). The van der Waals surface area contributed by atoms with Crippen LogP contribution in [-0.4, -0.2) is 61.8 Å². The van der Waals surface area contributed by atoms with Gasteiger partial charge in [-0.3, -0.25) is 14.5 Å². The summed E-state index contributed by atoms with van der Waals surface area (Å²) in [6, 6.07) is -0.886. The van der Waals surface area contributed by atoms with Gasteiger partial charge in [-0.2, -0.15) is 0 Å². The summed E-state index contributed by atoms with van der Waals surface area (Å²) in [7, 11) is 0. The summed E-state index contributed by atoms with van der Waals surface area (Å²) < 4.78 is 0. The zero-order chi connectivity index (χ0) is 20.4. The third-order valence-electron chi connectivity index (χ3n) is 3.88. The third-order valence-corrected chi connectivity index (χ3v) is 5.88. The van der Waals surface area contributed by atoms with Crippen molar-refractivity contribution in [1.29, 1.82) is 0 Å². The lowest BCUT2D eigenvalue weighted by Crippen LogP contribution is -2.71. The number of β-lactam (4-membered cyclic amide) rings is 1. The van der Waals surface area contributed by atoms with Crippen LogP contribution in [0.3, 0.4) is 0 Å².